The lowest BCUT2D eigenvalue weighted by molar-refractivity contribution is 0.201. The lowest BCUT2D eigenvalue weighted by atomic mass is 9.76. The Morgan fingerprint density at radius 3 is 2.62 bits per heavy atom. The van der Waals surface area contributed by atoms with Crippen LogP contribution in [0.1, 0.15) is 32.1 Å². The first kappa shape index (κ1) is 15.0. The van der Waals surface area contributed by atoms with Crippen molar-refractivity contribution >= 4 is 38.0 Å². The molecule has 2 aliphatic rings. The number of hydrogen-bond donors (Lipinski definition) is 0. The smallest absolute Gasteiger partial charge is 0.256 e. The molecule has 4 nitrogen and oxygen atoms in total. The van der Waals surface area contributed by atoms with Gasteiger partial charge in [0.05, 0.1) is 5.69 Å². The highest BCUT2D eigenvalue weighted by atomic mass is 79.9. The van der Waals surface area contributed by atoms with E-state index in [4.69, 9.17) is 0 Å². The lowest BCUT2D eigenvalue weighted by Gasteiger charge is -2.39. The highest BCUT2D eigenvalue weighted by Gasteiger charge is 2.38. The number of halogens is 1. The Labute approximate surface area is 134 Å². The maximum atomic E-state index is 12.8. The third kappa shape index (κ3) is 2.75. The van der Waals surface area contributed by atoms with Gasteiger partial charge in [-0.1, -0.05) is 47.3 Å². The molecule has 1 aliphatic heterocycles. The van der Waals surface area contributed by atoms with Crippen LogP contribution in [0.5, 0.6) is 0 Å². The largest absolute Gasteiger partial charge is 0.267 e. The Morgan fingerprint density at radius 1 is 1.19 bits per heavy atom. The Bertz CT molecular complexity index is 651. The Kier molecular flexibility index (Phi) is 4.10. The molecule has 114 valence electrons. The quantitative estimate of drug-likeness (QED) is 0.761. The van der Waals surface area contributed by atoms with E-state index in [1.807, 2.05) is 6.07 Å². The SMILES string of the molecule is O=S1(=O)c2ccccc2N=CN1CC1(CBr)CCCCC1. The van der Waals surface area contributed by atoms with Gasteiger partial charge in [-0.2, -0.15) is 0 Å². The van der Waals surface area contributed by atoms with Crippen LogP contribution in [0.2, 0.25) is 0 Å². The standard InChI is InChI=1S/C15H19BrN2O2S/c16-10-15(8-4-1-5-9-15)11-18-12-17-13-6-2-3-7-14(13)21(18,19)20/h2-3,6-7,12H,1,4-5,8-11H2. The average molecular weight is 371 g/mol. The Hall–Kier alpha value is -0.880. The van der Waals surface area contributed by atoms with Crippen LogP contribution in [0, 0.1) is 5.41 Å². The molecule has 0 spiro atoms. The van der Waals surface area contributed by atoms with E-state index >= 15 is 0 Å². The topological polar surface area (TPSA) is 49.7 Å². The molecule has 0 amide bonds. The Balaban J connectivity index is 1.91. The minimum atomic E-state index is -3.47. The fourth-order valence-electron chi connectivity index (χ4n) is 3.19. The first-order valence-electron chi connectivity index (χ1n) is 7.29. The minimum Gasteiger partial charge on any atom is -0.256 e. The van der Waals surface area contributed by atoms with Crippen LogP contribution < -0.4 is 0 Å². The summed E-state index contributed by atoms with van der Waals surface area (Å²) >= 11 is 3.60. The van der Waals surface area contributed by atoms with Gasteiger partial charge in [0.25, 0.3) is 10.0 Å². The van der Waals surface area contributed by atoms with E-state index in [1.165, 1.54) is 29.9 Å². The van der Waals surface area contributed by atoms with Gasteiger partial charge in [0.1, 0.15) is 11.2 Å². The molecular formula is C15H19BrN2O2S. The van der Waals surface area contributed by atoms with Gasteiger partial charge in [0.15, 0.2) is 0 Å². The number of hydrogen-bond acceptors (Lipinski definition) is 3. The van der Waals surface area contributed by atoms with Gasteiger partial charge < -0.3 is 0 Å². The first-order valence-corrected chi connectivity index (χ1v) is 9.85. The van der Waals surface area contributed by atoms with Gasteiger partial charge in [-0.3, -0.25) is 4.31 Å². The van der Waals surface area contributed by atoms with Crippen molar-refractivity contribution in [3.63, 3.8) is 0 Å². The lowest BCUT2D eigenvalue weighted by Crippen LogP contribution is -2.43. The average Bonchev–Trinajstić information content (AvgIpc) is 2.51. The summed E-state index contributed by atoms with van der Waals surface area (Å²) < 4.78 is 26.9. The number of fused-ring (bicyclic) bond motifs is 1. The van der Waals surface area contributed by atoms with E-state index in [9.17, 15) is 8.42 Å². The molecule has 0 unspecified atom stereocenters. The second-order valence-electron chi connectivity index (χ2n) is 5.96. The van der Waals surface area contributed by atoms with Crippen molar-refractivity contribution in [1.82, 2.24) is 4.31 Å². The first-order chi connectivity index (χ1) is 10.1. The monoisotopic (exact) mass is 370 g/mol. The summed E-state index contributed by atoms with van der Waals surface area (Å²) in [6, 6.07) is 6.93. The summed E-state index contributed by atoms with van der Waals surface area (Å²) in [5, 5.41) is 0.835. The van der Waals surface area contributed by atoms with Gasteiger partial charge in [0, 0.05) is 11.9 Å². The zero-order valence-electron chi connectivity index (χ0n) is 11.8. The zero-order chi connectivity index (χ0) is 14.9. The van der Waals surface area contributed by atoms with Crippen molar-refractivity contribution in [2.45, 2.75) is 37.0 Å². The van der Waals surface area contributed by atoms with Gasteiger partial charge in [-0.15, -0.1) is 0 Å². The van der Waals surface area contributed by atoms with E-state index in [0.29, 0.717) is 17.1 Å². The third-order valence-electron chi connectivity index (χ3n) is 4.47. The highest BCUT2D eigenvalue weighted by Crippen LogP contribution is 2.40. The van der Waals surface area contributed by atoms with Crippen LogP contribution in [-0.4, -0.2) is 30.9 Å². The molecule has 1 heterocycles. The molecule has 21 heavy (non-hydrogen) atoms. The zero-order valence-corrected chi connectivity index (χ0v) is 14.2. The summed E-state index contributed by atoms with van der Waals surface area (Å²) in [5.41, 5.74) is 0.564. The van der Waals surface area contributed by atoms with Crippen molar-refractivity contribution in [2.24, 2.45) is 10.4 Å². The van der Waals surface area contributed by atoms with Crippen LogP contribution >= 0.6 is 15.9 Å². The summed E-state index contributed by atoms with van der Waals surface area (Å²) in [7, 11) is -3.47. The molecule has 1 aliphatic carbocycles. The van der Waals surface area contributed by atoms with E-state index in [0.717, 1.165) is 18.2 Å². The summed E-state index contributed by atoms with van der Waals surface area (Å²) in [6.45, 7) is 0.512. The van der Waals surface area contributed by atoms with Crippen molar-refractivity contribution in [1.29, 1.82) is 0 Å². The van der Waals surface area contributed by atoms with E-state index in [1.54, 1.807) is 18.2 Å². The van der Waals surface area contributed by atoms with Crippen LogP contribution in [-0.2, 0) is 10.0 Å². The van der Waals surface area contributed by atoms with Crippen molar-refractivity contribution < 1.29 is 8.42 Å². The molecule has 0 N–H and O–H groups in total. The summed E-state index contributed by atoms with van der Waals surface area (Å²) in [6.07, 6.45) is 7.22. The molecule has 0 atom stereocenters. The number of benzene rings is 1. The van der Waals surface area contributed by atoms with Crippen LogP contribution in [0.15, 0.2) is 34.2 Å². The van der Waals surface area contributed by atoms with Crippen LogP contribution in [0.25, 0.3) is 0 Å². The molecule has 6 heteroatoms. The van der Waals surface area contributed by atoms with Crippen LogP contribution in [0.3, 0.4) is 0 Å². The molecule has 1 saturated carbocycles. The van der Waals surface area contributed by atoms with E-state index in [2.05, 4.69) is 20.9 Å². The number of alkyl halides is 1. The molecular weight excluding hydrogens is 352 g/mol. The number of rotatable bonds is 3. The summed E-state index contributed by atoms with van der Waals surface area (Å²) in [5.74, 6) is 0. The number of aliphatic imine (C=N–C) groups is 1. The maximum Gasteiger partial charge on any atom is 0.267 e. The predicted molar refractivity (Wildman–Crippen MR) is 87.8 cm³/mol. The second kappa shape index (κ2) is 5.72. The molecule has 1 fully saturated rings. The molecule has 1 aromatic rings. The van der Waals surface area contributed by atoms with Crippen molar-refractivity contribution in [3.8, 4) is 0 Å². The molecule has 0 radical (unpaired) electrons. The molecule has 3 rings (SSSR count). The molecule has 0 aromatic heterocycles. The number of sulfonamides is 1. The minimum absolute atomic E-state index is 0.0314. The number of nitrogens with zero attached hydrogens (tertiary/aromatic N) is 2. The highest BCUT2D eigenvalue weighted by molar-refractivity contribution is 9.09. The molecule has 0 saturated heterocycles. The van der Waals surface area contributed by atoms with Gasteiger partial charge in [0.2, 0.25) is 0 Å². The molecule has 0 bridgehead atoms. The van der Waals surface area contributed by atoms with Crippen molar-refractivity contribution in [3.05, 3.63) is 24.3 Å². The predicted octanol–water partition coefficient (Wildman–Crippen LogP) is 3.70. The number of para-hydroxylation sites is 1. The third-order valence-corrected chi connectivity index (χ3v) is 7.40. The fourth-order valence-corrected chi connectivity index (χ4v) is 5.43. The van der Waals surface area contributed by atoms with Gasteiger partial charge in [-0.05, 0) is 30.4 Å². The van der Waals surface area contributed by atoms with E-state index < -0.39 is 10.0 Å². The Morgan fingerprint density at radius 2 is 1.90 bits per heavy atom. The summed E-state index contributed by atoms with van der Waals surface area (Å²) in [4.78, 5) is 4.62. The normalized spacial score (nSPS) is 22.8. The van der Waals surface area contributed by atoms with Crippen molar-refractivity contribution in [2.75, 3.05) is 11.9 Å². The maximum absolute atomic E-state index is 12.8. The second-order valence-corrected chi connectivity index (χ2v) is 8.38. The van der Waals surface area contributed by atoms with Gasteiger partial charge in [-0.25, -0.2) is 13.4 Å². The van der Waals surface area contributed by atoms with E-state index in [-0.39, 0.29) is 5.41 Å². The van der Waals surface area contributed by atoms with Gasteiger partial charge >= 0.3 is 0 Å². The fraction of sp³-hybridized carbons (Fsp3) is 0.533. The van der Waals surface area contributed by atoms with Crippen LogP contribution in [0.4, 0.5) is 5.69 Å². The molecule has 1 aromatic carbocycles.